The Morgan fingerprint density at radius 3 is 2.83 bits per heavy atom. The molecule has 100 valence electrons. The first-order valence-corrected chi connectivity index (χ1v) is 5.61. The maximum absolute atomic E-state index is 10.8. The molecule has 1 heterocycles. The summed E-state index contributed by atoms with van der Waals surface area (Å²) in [5.74, 6) is -0.204. The number of aliphatic carboxylic acids is 1. The standard InChI is InChI=1S/C12H19N3O3/c1-5-6-15(8-11(16)17)7-10-9(2)13-14(3)12(10)18-4/h5H,1,6-8H2,2-4H3,(H,16,17). The third-order valence-electron chi connectivity index (χ3n) is 2.61. The van der Waals surface area contributed by atoms with Gasteiger partial charge in [0.2, 0.25) is 5.88 Å². The van der Waals surface area contributed by atoms with E-state index in [-0.39, 0.29) is 6.54 Å². The van der Waals surface area contributed by atoms with Crippen LogP contribution in [0.25, 0.3) is 0 Å². The van der Waals surface area contributed by atoms with E-state index in [2.05, 4.69) is 11.7 Å². The van der Waals surface area contributed by atoms with Crippen LogP contribution in [0.5, 0.6) is 5.88 Å². The molecule has 0 radical (unpaired) electrons. The number of carbonyl (C=O) groups is 1. The number of ether oxygens (including phenoxy) is 1. The monoisotopic (exact) mass is 253 g/mol. The normalized spacial score (nSPS) is 10.7. The van der Waals surface area contributed by atoms with Crippen molar-refractivity contribution in [3.05, 3.63) is 23.9 Å². The van der Waals surface area contributed by atoms with Crippen molar-refractivity contribution in [3.8, 4) is 5.88 Å². The Hall–Kier alpha value is -1.82. The number of methoxy groups -OCH3 is 1. The highest BCUT2D eigenvalue weighted by atomic mass is 16.5. The Morgan fingerprint density at radius 1 is 1.67 bits per heavy atom. The van der Waals surface area contributed by atoms with Gasteiger partial charge in [0.15, 0.2) is 0 Å². The number of rotatable bonds is 7. The minimum Gasteiger partial charge on any atom is -0.481 e. The fourth-order valence-corrected chi connectivity index (χ4v) is 1.90. The molecule has 0 saturated carbocycles. The van der Waals surface area contributed by atoms with Gasteiger partial charge in [0.1, 0.15) is 0 Å². The van der Waals surface area contributed by atoms with Gasteiger partial charge in [0, 0.05) is 20.1 Å². The smallest absolute Gasteiger partial charge is 0.317 e. The molecule has 1 aromatic heterocycles. The molecule has 6 heteroatoms. The van der Waals surface area contributed by atoms with E-state index >= 15 is 0 Å². The fraction of sp³-hybridized carbons (Fsp3) is 0.500. The van der Waals surface area contributed by atoms with Crippen LogP contribution >= 0.6 is 0 Å². The van der Waals surface area contributed by atoms with Gasteiger partial charge in [-0.15, -0.1) is 6.58 Å². The lowest BCUT2D eigenvalue weighted by atomic mass is 10.2. The number of carboxylic acid groups (broad SMARTS) is 1. The highest BCUT2D eigenvalue weighted by molar-refractivity contribution is 5.69. The molecule has 0 fully saturated rings. The first-order valence-electron chi connectivity index (χ1n) is 5.61. The topological polar surface area (TPSA) is 67.6 Å². The average Bonchev–Trinajstić information content (AvgIpc) is 2.53. The van der Waals surface area contributed by atoms with Crippen LogP contribution in [0.2, 0.25) is 0 Å². The molecule has 1 rings (SSSR count). The molecule has 0 aliphatic heterocycles. The Balaban J connectivity index is 2.92. The Kier molecular flexibility index (Phi) is 4.91. The summed E-state index contributed by atoms with van der Waals surface area (Å²) in [5.41, 5.74) is 1.75. The summed E-state index contributed by atoms with van der Waals surface area (Å²) < 4.78 is 6.93. The Morgan fingerprint density at radius 2 is 2.33 bits per heavy atom. The van der Waals surface area contributed by atoms with E-state index < -0.39 is 5.97 Å². The fourth-order valence-electron chi connectivity index (χ4n) is 1.90. The third kappa shape index (κ3) is 3.33. The molecule has 1 aromatic rings. The second kappa shape index (κ2) is 6.20. The summed E-state index contributed by atoms with van der Waals surface area (Å²) >= 11 is 0. The number of hydrogen-bond acceptors (Lipinski definition) is 4. The molecule has 0 spiro atoms. The van der Waals surface area contributed by atoms with Gasteiger partial charge in [0.05, 0.1) is 24.9 Å². The maximum Gasteiger partial charge on any atom is 0.317 e. The Labute approximate surface area is 106 Å². The summed E-state index contributed by atoms with van der Waals surface area (Å²) in [6, 6.07) is 0. The van der Waals surface area contributed by atoms with Crippen LogP contribution in [0.15, 0.2) is 12.7 Å². The van der Waals surface area contributed by atoms with E-state index in [4.69, 9.17) is 9.84 Å². The van der Waals surface area contributed by atoms with Crippen LogP contribution < -0.4 is 4.74 Å². The number of hydrogen-bond donors (Lipinski definition) is 1. The summed E-state index contributed by atoms with van der Waals surface area (Å²) in [6.45, 7) is 6.45. The van der Waals surface area contributed by atoms with Crippen molar-refractivity contribution in [2.75, 3.05) is 20.2 Å². The van der Waals surface area contributed by atoms with Gasteiger partial charge in [-0.1, -0.05) is 6.08 Å². The molecule has 0 aliphatic rings. The van der Waals surface area contributed by atoms with Crippen molar-refractivity contribution in [2.24, 2.45) is 7.05 Å². The van der Waals surface area contributed by atoms with Crippen molar-refractivity contribution in [1.82, 2.24) is 14.7 Å². The van der Waals surface area contributed by atoms with Gasteiger partial charge < -0.3 is 9.84 Å². The maximum atomic E-state index is 10.8. The van der Waals surface area contributed by atoms with Gasteiger partial charge >= 0.3 is 5.97 Å². The zero-order valence-corrected chi connectivity index (χ0v) is 11.0. The molecular formula is C12H19N3O3. The number of carboxylic acids is 1. The molecule has 1 N–H and O–H groups in total. The van der Waals surface area contributed by atoms with E-state index in [0.29, 0.717) is 19.0 Å². The number of aromatic nitrogens is 2. The van der Waals surface area contributed by atoms with E-state index in [1.165, 1.54) is 0 Å². The van der Waals surface area contributed by atoms with E-state index in [0.717, 1.165) is 11.3 Å². The zero-order chi connectivity index (χ0) is 13.7. The summed E-state index contributed by atoms with van der Waals surface area (Å²) in [4.78, 5) is 12.6. The van der Waals surface area contributed by atoms with Crippen molar-refractivity contribution in [1.29, 1.82) is 0 Å². The highest BCUT2D eigenvalue weighted by Crippen LogP contribution is 2.22. The summed E-state index contributed by atoms with van der Waals surface area (Å²) in [6.07, 6.45) is 1.68. The SMILES string of the molecule is C=CCN(CC(=O)O)Cc1c(C)nn(C)c1OC. The van der Waals surface area contributed by atoms with Crippen molar-refractivity contribution >= 4 is 5.97 Å². The lowest BCUT2D eigenvalue weighted by molar-refractivity contribution is -0.138. The van der Waals surface area contributed by atoms with E-state index in [1.807, 2.05) is 6.92 Å². The first-order chi connectivity index (χ1) is 8.49. The van der Waals surface area contributed by atoms with Crippen LogP contribution in [-0.4, -0.2) is 46.0 Å². The summed E-state index contributed by atoms with van der Waals surface area (Å²) in [5, 5.41) is 13.1. The molecule has 0 unspecified atom stereocenters. The second-order valence-electron chi connectivity index (χ2n) is 4.05. The predicted octanol–water partition coefficient (Wildman–Crippen LogP) is 0.810. The number of nitrogens with zero attached hydrogens (tertiary/aromatic N) is 3. The van der Waals surface area contributed by atoms with Crippen molar-refractivity contribution < 1.29 is 14.6 Å². The van der Waals surface area contributed by atoms with Crippen molar-refractivity contribution in [3.63, 3.8) is 0 Å². The molecule has 6 nitrogen and oxygen atoms in total. The van der Waals surface area contributed by atoms with Gasteiger partial charge in [-0.2, -0.15) is 5.10 Å². The highest BCUT2D eigenvalue weighted by Gasteiger charge is 2.18. The first kappa shape index (κ1) is 14.2. The van der Waals surface area contributed by atoms with E-state index in [1.54, 1.807) is 29.8 Å². The molecule has 0 atom stereocenters. The number of aryl methyl sites for hydroxylation is 2. The third-order valence-corrected chi connectivity index (χ3v) is 2.61. The van der Waals surface area contributed by atoms with Gasteiger partial charge in [-0.05, 0) is 6.92 Å². The zero-order valence-electron chi connectivity index (χ0n) is 11.0. The average molecular weight is 253 g/mol. The quantitative estimate of drug-likeness (QED) is 0.728. The lowest BCUT2D eigenvalue weighted by Gasteiger charge is -2.18. The van der Waals surface area contributed by atoms with Gasteiger partial charge in [-0.25, -0.2) is 4.68 Å². The van der Waals surface area contributed by atoms with Crippen molar-refractivity contribution in [2.45, 2.75) is 13.5 Å². The molecule has 18 heavy (non-hydrogen) atoms. The van der Waals surface area contributed by atoms with Crippen LogP contribution in [0.3, 0.4) is 0 Å². The Bertz CT molecular complexity index is 440. The van der Waals surface area contributed by atoms with Crippen LogP contribution in [-0.2, 0) is 18.4 Å². The van der Waals surface area contributed by atoms with Gasteiger partial charge in [0.25, 0.3) is 0 Å². The van der Waals surface area contributed by atoms with Crippen LogP contribution in [0, 0.1) is 6.92 Å². The minimum atomic E-state index is -0.864. The molecule has 0 amide bonds. The molecule has 0 aliphatic carbocycles. The molecular weight excluding hydrogens is 234 g/mol. The summed E-state index contributed by atoms with van der Waals surface area (Å²) in [7, 11) is 3.37. The van der Waals surface area contributed by atoms with Crippen LogP contribution in [0.4, 0.5) is 0 Å². The largest absolute Gasteiger partial charge is 0.481 e. The van der Waals surface area contributed by atoms with Gasteiger partial charge in [-0.3, -0.25) is 9.69 Å². The minimum absolute atomic E-state index is 0.0382. The molecule has 0 aromatic carbocycles. The van der Waals surface area contributed by atoms with E-state index in [9.17, 15) is 4.79 Å². The molecule has 0 bridgehead atoms. The predicted molar refractivity (Wildman–Crippen MR) is 67.6 cm³/mol. The second-order valence-corrected chi connectivity index (χ2v) is 4.05. The molecule has 0 saturated heterocycles. The van der Waals surface area contributed by atoms with Crippen LogP contribution in [0.1, 0.15) is 11.3 Å². The lowest BCUT2D eigenvalue weighted by Crippen LogP contribution is -2.29.